The average Bonchev–Trinajstić information content (AvgIpc) is 1.87. The van der Waals surface area contributed by atoms with Crippen molar-refractivity contribution in [2.45, 2.75) is 17.9 Å². The van der Waals surface area contributed by atoms with Crippen molar-refractivity contribution in [3.05, 3.63) is 12.7 Å². The van der Waals surface area contributed by atoms with Gasteiger partial charge < -0.3 is 10.2 Å². The molecule has 9 heavy (non-hydrogen) atoms. The Morgan fingerprint density at radius 3 is 2.56 bits per heavy atom. The molecule has 0 bridgehead atoms. The summed E-state index contributed by atoms with van der Waals surface area (Å²) in [5, 5.41) is 16.8. The van der Waals surface area contributed by atoms with Gasteiger partial charge in [-0.25, -0.2) is 0 Å². The highest BCUT2D eigenvalue weighted by atomic mass is 35.5. The molecule has 2 atom stereocenters. The van der Waals surface area contributed by atoms with Crippen LogP contribution in [-0.4, -0.2) is 28.3 Å². The molecular weight excluding hydrogens is 140 g/mol. The van der Waals surface area contributed by atoms with Crippen LogP contribution < -0.4 is 0 Å². The Hall–Kier alpha value is -0.0500. The second kappa shape index (κ2) is 4.79. The van der Waals surface area contributed by atoms with E-state index in [1.54, 1.807) is 6.08 Å². The number of halogens is 1. The second-order valence-corrected chi connectivity index (χ2v) is 2.35. The van der Waals surface area contributed by atoms with Gasteiger partial charge in [0, 0.05) is 0 Å². The van der Waals surface area contributed by atoms with Crippen molar-refractivity contribution < 1.29 is 10.2 Å². The fourth-order valence-corrected chi connectivity index (χ4v) is 0.636. The van der Waals surface area contributed by atoms with Crippen LogP contribution in [0.1, 0.15) is 6.42 Å². The predicted molar refractivity (Wildman–Crippen MR) is 37.5 cm³/mol. The molecule has 0 amide bonds. The molecule has 0 aromatic carbocycles. The van der Waals surface area contributed by atoms with Crippen molar-refractivity contribution >= 4 is 11.6 Å². The van der Waals surface area contributed by atoms with Gasteiger partial charge >= 0.3 is 0 Å². The van der Waals surface area contributed by atoms with Crippen LogP contribution in [0.25, 0.3) is 0 Å². The normalized spacial score (nSPS) is 16.8. The van der Waals surface area contributed by atoms with Crippen LogP contribution in [-0.2, 0) is 0 Å². The molecule has 0 saturated carbocycles. The van der Waals surface area contributed by atoms with Gasteiger partial charge in [0.25, 0.3) is 0 Å². The first-order valence-corrected chi connectivity index (χ1v) is 3.20. The van der Waals surface area contributed by atoms with Crippen LogP contribution in [0.5, 0.6) is 0 Å². The van der Waals surface area contributed by atoms with Gasteiger partial charge in [-0.1, -0.05) is 6.08 Å². The van der Waals surface area contributed by atoms with Crippen LogP contribution in [0.2, 0.25) is 0 Å². The van der Waals surface area contributed by atoms with E-state index in [2.05, 4.69) is 6.58 Å². The molecule has 0 aromatic rings. The van der Waals surface area contributed by atoms with E-state index in [0.717, 1.165) is 0 Å². The maximum atomic E-state index is 8.83. The fraction of sp³-hybridized carbons (Fsp3) is 0.667. The molecule has 0 spiro atoms. The summed E-state index contributed by atoms with van der Waals surface area (Å²) in [5.74, 6) is 0. The van der Waals surface area contributed by atoms with Gasteiger partial charge in [-0.2, -0.15) is 0 Å². The number of hydrogen-bond acceptors (Lipinski definition) is 2. The Balaban J connectivity index is 3.44. The fourth-order valence-electron chi connectivity index (χ4n) is 0.431. The lowest BCUT2D eigenvalue weighted by atomic mass is 10.2. The molecule has 0 saturated heterocycles. The molecule has 2 N–H and O–H groups in total. The van der Waals surface area contributed by atoms with E-state index in [1.165, 1.54) is 0 Å². The summed E-state index contributed by atoms with van der Waals surface area (Å²) >= 11 is 5.55. The average molecular weight is 151 g/mol. The highest BCUT2D eigenvalue weighted by Gasteiger charge is 2.12. The highest BCUT2D eigenvalue weighted by Crippen LogP contribution is 2.06. The molecule has 2 unspecified atom stereocenters. The summed E-state index contributed by atoms with van der Waals surface area (Å²) in [6.07, 6.45) is 1.30. The first-order chi connectivity index (χ1) is 4.22. The van der Waals surface area contributed by atoms with Gasteiger partial charge in [-0.3, -0.25) is 0 Å². The van der Waals surface area contributed by atoms with Crippen LogP contribution in [0.3, 0.4) is 0 Å². The summed E-state index contributed by atoms with van der Waals surface area (Å²) < 4.78 is 0. The summed E-state index contributed by atoms with van der Waals surface area (Å²) in [6.45, 7) is 3.15. The minimum absolute atomic E-state index is 0.290. The molecule has 0 aliphatic heterocycles. The summed E-state index contributed by atoms with van der Waals surface area (Å²) in [6, 6.07) is 0. The number of aliphatic hydroxyl groups excluding tert-OH is 2. The lowest BCUT2D eigenvalue weighted by molar-refractivity contribution is 0.0920. The monoisotopic (exact) mass is 150 g/mol. The topological polar surface area (TPSA) is 40.5 Å². The summed E-state index contributed by atoms with van der Waals surface area (Å²) in [4.78, 5) is 0. The van der Waals surface area contributed by atoms with E-state index in [9.17, 15) is 0 Å². The van der Waals surface area contributed by atoms with E-state index in [1.807, 2.05) is 0 Å². The van der Waals surface area contributed by atoms with Crippen LogP contribution in [0.4, 0.5) is 0 Å². The second-order valence-electron chi connectivity index (χ2n) is 1.79. The quantitative estimate of drug-likeness (QED) is 0.453. The van der Waals surface area contributed by atoms with Crippen LogP contribution in [0, 0.1) is 0 Å². The third-order valence-electron chi connectivity index (χ3n) is 0.996. The van der Waals surface area contributed by atoms with Gasteiger partial charge in [-0.05, 0) is 6.42 Å². The number of rotatable bonds is 4. The van der Waals surface area contributed by atoms with Gasteiger partial charge in [0.05, 0.1) is 18.1 Å². The number of alkyl halides is 1. The Kier molecular flexibility index (Phi) is 4.77. The minimum atomic E-state index is -0.829. The van der Waals surface area contributed by atoms with Gasteiger partial charge in [0.2, 0.25) is 0 Å². The maximum absolute atomic E-state index is 8.83. The zero-order valence-corrected chi connectivity index (χ0v) is 5.88. The Morgan fingerprint density at radius 1 is 1.67 bits per heavy atom. The van der Waals surface area contributed by atoms with E-state index in [-0.39, 0.29) is 6.61 Å². The lowest BCUT2D eigenvalue weighted by Crippen LogP contribution is -2.23. The van der Waals surface area contributed by atoms with E-state index in [0.29, 0.717) is 6.42 Å². The minimum Gasteiger partial charge on any atom is -0.394 e. The number of aliphatic hydroxyl groups is 2. The molecule has 0 aliphatic rings. The molecule has 0 rings (SSSR count). The van der Waals surface area contributed by atoms with E-state index in [4.69, 9.17) is 21.8 Å². The Labute approximate surface area is 59.8 Å². The van der Waals surface area contributed by atoms with Crippen LogP contribution in [0.15, 0.2) is 12.7 Å². The molecule has 0 fully saturated rings. The molecule has 54 valence electrons. The first-order valence-electron chi connectivity index (χ1n) is 2.76. The molecule has 0 aromatic heterocycles. The standard InChI is InChI=1S/C6H11ClO2/c1-2-3-5(7)6(9)4-8/h2,5-6,8-9H,1,3-4H2. The van der Waals surface area contributed by atoms with E-state index < -0.39 is 11.5 Å². The van der Waals surface area contributed by atoms with Crippen molar-refractivity contribution in [2.75, 3.05) is 6.61 Å². The summed E-state index contributed by atoms with van der Waals surface area (Å²) in [5.41, 5.74) is 0. The molecule has 0 radical (unpaired) electrons. The van der Waals surface area contributed by atoms with Gasteiger partial charge in [0.15, 0.2) is 0 Å². The van der Waals surface area contributed by atoms with Crippen molar-refractivity contribution in [3.63, 3.8) is 0 Å². The third kappa shape index (κ3) is 3.51. The molecule has 2 nitrogen and oxygen atoms in total. The Bertz CT molecular complexity index is 85.1. The van der Waals surface area contributed by atoms with Crippen molar-refractivity contribution in [2.24, 2.45) is 0 Å². The SMILES string of the molecule is C=CCC(Cl)C(O)CO. The first kappa shape index (κ1) is 8.95. The lowest BCUT2D eigenvalue weighted by Gasteiger charge is -2.10. The molecule has 3 heteroatoms. The van der Waals surface area contributed by atoms with Gasteiger partial charge in [0.1, 0.15) is 0 Å². The largest absolute Gasteiger partial charge is 0.394 e. The zero-order valence-electron chi connectivity index (χ0n) is 5.13. The van der Waals surface area contributed by atoms with Crippen LogP contribution >= 0.6 is 11.6 Å². The van der Waals surface area contributed by atoms with E-state index >= 15 is 0 Å². The zero-order chi connectivity index (χ0) is 7.28. The van der Waals surface area contributed by atoms with Gasteiger partial charge in [-0.15, -0.1) is 18.2 Å². The summed E-state index contributed by atoms with van der Waals surface area (Å²) in [7, 11) is 0. The molecular formula is C6H11ClO2. The van der Waals surface area contributed by atoms with Crippen molar-refractivity contribution in [3.8, 4) is 0 Å². The third-order valence-corrected chi connectivity index (χ3v) is 1.47. The number of allylic oxidation sites excluding steroid dienone is 1. The highest BCUT2D eigenvalue weighted by molar-refractivity contribution is 6.21. The predicted octanol–water partition coefficient (Wildman–Crippen LogP) is 0.523. The maximum Gasteiger partial charge on any atom is 0.0937 e. The van der Waals surface area contributed by atoms with Crippen molar-refractivity contribution in [1.82, 2.24) is 0 Å². The smallest absolute Gasteiger partial charge is 0.0937 e. The Morgan fingerprint density at radius 2 is 2.22 bits per heavy atom. The van der Waals surface area contributed by atoms with Crippen molar-refractivity contribution in [1.29, 1.82) is 0 Å². The molecule has 0 heterocycles. The number of hydrogen-bond donors (Lipinski definition) is 2. The molecule has 0 aliphatic carbocycles.